The number of nitrogens with zero attached hydrogens (tertiary/aromatic N) is 5. The van der Waals surface area contributed by atoms with E-state index in [1.807, 2.05) is 30.9 Å². The highest BCUT2D eigenvalue weighted by atomic mass is 19.3. The Hall–Kier alpha value is -4.12. The number of aryl methyl sites for hydroxylation is 1. The quantitative estimate of drug-likeness (QED) is 0.387. The Bertz CT molecular complexity index is 1630. The number of piperidine rings is 1. The predicted octanol–water partition coefficient (Wildman–Crippen LogP) is 4.13. The van der Waals surface area contributed by atoms with E-state index in [4.69, 9.17) is 20.0 Å². The van der Waals surface area contributed by atoms with Crippen LogP contribution in [0.1, 0.15) is 41.0 Å². The van der Waals surface area contributed by atoms with Crippen molar-refractivity contribution in [3.8, 4) is 28.5 Å². The zero-order valence-corrected chi connectivity index (χ0v) is 22.3. The molecule has 1 aromatic carbocycles. The van der Waals surface area contributed by atoms with Gasteiger partial charge in [0.05, 0.1) is 5.69 Å². The molecule has 1 aliphatic heterocycles. The van der Waals surface area contributed by atoms with Crippen molar-refractivity contribution in [3.63, 3.8) is 0 Å². The van der Waals surface area contributed by atoms with Gasteiger partial charge in [-0.3, -0.25) is 9.48 Å². The van der Waals surface area contributed by atoms with Crippen LogP contribution in [-0.2, 0) is 24.9 Å². The smallest absolute Gasteiger partial charge is 0.277 e. The van der Waals surface area contributed by atoms with E-state index < -0.39 is 11.5 Å². The molecule has 2 fully saturated rings. The molecule has 0 spiro atoms. The van der Waals surface area contributed by atoms with Gasteiger partial charge in [-0.25, -0.2) is 13.8 Å². The van der Waals surface area contributed by atoms with Crippen molar-refractivity contribution >= 4 is 5.91 Å². The lowest BCUT2D eigenvalue weighted by Gasteiger charge is -2.30. The first-order valence-corrected chi connectivity index (χ1v) is 13.2. The van der Waals surface area contributed by atoms with Crippen molar-refractivity contribution in [1.82, 2.24) is 24.8 Å². The highest BCUT2D eigenvalue weighted by Crippen LogP contribution is 2.49. The number of hydrogen-bond donors (Lipinski definition) is 1. The first kappa shape index (κ1) is 24.9. The van der Waals surface area contributed by atoms with Gasteiger partial charge in [-0.15, -0.1) is 0 Å². The standard InChI is InChI=1S/C29H28F2N6O3/c1-28(2,32)17-9-22(15-4-5-20-16(8-15)12-29(20,30)31)33-25(10-17)40-26-18-13-37(14-19(18)26)27(38)24-11-23(34-36(24)3)21-6-7-39-35-21/h4-11,18-19,26H,12-14,32H2,1-3H3/t18-,19+,26-. The van der Waals surface area contributed by atoms with Crippen LogP contribution in [0.2, 0.25) is 0 Å². The molecule has 40 heavy (non-hydrogen) atoms. The van der Waals surface area contributed by atoms with Crippen molar-refractivity contribution in [2.75, 3.05) is 13.1 Å². The summed E-state index contributed by atoms with van der Waals surface area (Å²) in [4.78, 5) is 19.8. The van der Waals surface area contributed by atoms with Gasteiger partial charge in [0, 0.05) is 67.2 Å². The molecule has 4 aromatic rings. The summed E-state index contributed by atoms with van der Waals surface area (Å²) in [5.74, 6) is -2.00. The number of carbonyl (C=O) groups excluding carboxylic acids is 1. The van der Waals surface area contributed by atoms with Gasteiger partial charge >= 0.3 is 0 Å². The second-order valence-electron chi connectivity index (χ2n) is 11.6. The van der Waals surface area contributed by atoms with Gasteiger partial charge in [-0.2, -0.15) is 5.10 Å². The maximum absolute atomic E-state index is 13.8. The Morgan fingerprint density at radius 3 is 2.52 bits per heavy atom. The van der Waals surface area contributed by atoms with Crippen molar-refractivity contribution in [1.29, 1.82) is 0 Å². The fraction of sp³-hybridized carbons (Fsp3) is 0.379. The number of rotatable bonds is 6. The van der Waals surface area contributed by atoms with Crippen LogP contribution >= 0.6 is 0 Å². The minimum absolute atomic E-state index is 0.0618. The molecule has 0 radical (unpaired) electrons. The number of benzene rings is 1. The lowest BCUT2D eigenvalue weighted by molar-refractivity contribution is -0.0287. The number of pyridine rings is 1. The summed E-state index contributed by atoms with van der Waals surface area (Å²) < 4.78 is 40.4. The van der Waals surface area contributed by atoms with Crippen molar-refractivity contribution in [2.24, 2.45) is 24.6 Å². The van der Waals surface area contributed by atoms with Gasteiger partial charge in [0.2, 0.25) is 5.88 Å². The third kappa shape index (κ3) is 4.07. The monoisotopic (exact) mass is 546 g/mol. The molecular weight excluding hydrogens is 518 g/mol. The fourth-order valence-electron chi connectivity index (χ4n) is 5.82. The molecule has 1 amide bonds. The largest absolute Gasteiger partial charge is 0.474 e. The van der Waals surface area contributed by atoms with E-state index in [0.29, 0.717) is 47.3 Å². The number of ether oxygens (including phenoxy) is 1. The SMILES string of the molecule is Cn1nc(-c2ccon2)cc1C(=O)N1C[C@@H]2[C@H](C1)[C@@H]2Oc1cc(C(C)(C)N)cc(-c2ccc3c(c2)CC3(F)F)n1. The van der Waals surface area contributed by atoms with Crippen LogP contribution in [0.15, 0.2) is 53.3 Å². The van der Waals surface area contributed by atoms with E-state index in [9.17, 15) is 13.6 Å². The molecule has 0 unspecified atom stereocenters. The third-order valence-corrected chi connectivity index (χ3v) is 8.21. The lowest BCUT2D eigenvalue weighted by Crippen LogP contribution is -2.34. The Kier molecular flexibility index (Phi) is 5.25. The van der Waals surface area contributed by atoms with Crippen LogP contribution in [0.3, 0.4) is 0 Å². The summed E-state index contributed by atoms with van der Waals surface area (Å²) >= 11 is 0. The van der Waals surface area contributed by atoms with Gasteiger partial charge in [0.25, 0.3) is 11.8 Å². The second-order valence-corrected chi connectivity index (χ2v) is 11.6. The van der Waals surface area contributed by atoms with Gasteiger partial charge in [-0.1, -0.05) is 17.3 Å². The molecule has 3 aromatic heterocycles. The number of likely N-dealkylation sites (tertiary alicyclic amines) is 1. The van der Waals surface area contributed by atoms with Crippen LogP contribution < -0.4 is 10.5 Å². The molecule has 2 aliphatic carbocycles. The first-order valence-electron chi connectivity index (χ1n) is 13.2. The lowest BCUT2D eigenvalue weighted by atomic mass is 9.83. The van der Waals surface area contributed by atoms with E-state index in [2.05, 4.69) is 10.3 Å². The zero-order valence-electron chi connectivity index (χ0n) is 22.3. The summed E-state index contributed by atoms with van der Waals surface area (Å²) in [6, 6.07) is 12.1. The average Bonchev–Trinajstić information content (AvgIpc) is 3.41. The van der Waals surface area contributed by atoms with E-state index in [-0.39, 0.29) is 35.8 Å². The van der Waals surface area contributed by atoms with E-state index in [0.717, 1.165) is 11.1 Å². The highest BCUT2D eigenvalue weighted by Gasteiger charge is 2.59. The molecule has 4 heterocycles. The molecule has 7 rings (SSSR count). The minimum atomic E-state index is -2.76. The van der Waals surface area contributed by atoms with Crippen LogP contribution in [0.4, 0.5) is 8.78 Å². The van der Waals surface area contributed by atoms with Gasteiger partial charge in [0.1, 0.15) is 29.4 Å². The Labute approximate surface area is 228 Å². The van der Waals surface area contributed by atoms with Gasteiger partial charge in [0.15, 0.2) is 0 Å². The molecule has 0 bridgehead atoms. The normalized spacial score (nSPS) is 22.4. The maximum atomic E-state index is 13.8. The van der Waals surface area contributed by atoms with Crippen LogP contribution in [0, 0.1) is 11.8 Å². The predicted molar refractivity (Wildman–Crippen MR) is 140 cm³/mol. The molecule has 9 nitrogen and oxygen atoms in total. The highest BCUT2D eigenvalue weighted by molar-refractivity contribution is 5.94. The maximum Gasteiger partial charge on any atom is 0.277 e. The number of aromatic nitrogens is 4. The topological polar surface area (TPSA) is 112 Å². The molecular formula is C29H28F2N6O3. The minimum Gasteiger partial charge on any atom is -0.474 e. The molecule has 1 saturated heterocycles. The number of alkyl halides is 2. The third-order valence-electron chi connectivity index (χ3n) is 8.21. The van der Waals surface area contributed by atoms with Crippen molar-refractivity contribution in [2.45, 2.75) is 37.8 Å². The average molecular weight is 547 g/mol. The van der Waals surface area contributed by atoms with E-state index in [1.54, 1.807) is 36.0 Å². The summed E-state index contributed by atoms with van der Waals surface area (Å²) in [6.07, 6.45) is 1.14. The number of hydrogen-bond acceptors (Lipinski definition) is 7. The fourth-order valence-corrected chi connectivity index (χ4v) is 5.82. The van der Waals surface area contributed by atoms with Crippen molar-refractivity contribution in [3.05, 3.63) is 71.1 Å². The van der Waals surface area contributed by atoms with E-state index >= 15 is 0 Å². The van der Waals surface area contributed by atoms with Crippen LogP contribution in [0.5, 0.6) is 5.88 Å². The Morgan fingerprint density at radius 2 is 1.88 bits per heavy atom. The summed E-state index contributed by atoms with van der Waals surface area (Å²) in [5, 5.41) is 8.29. The Balaban J connectivity index is 1.07. The first-order chi connectivity index (χ1) is 19.0. The number of fused-ring (bicyclic) bond motifs is 2. The van der Waals surface area contributed by atoms with E-state index in [1.165, 1.54) is 12.3 Å². The zero-order chi connectivity index (χ0) is 28.0. The summed E-state index contributed by atoms with van der Waals surface area (Å²) in [5.41, 5.74) is 10.3. The number of carbonyl (C=O) groups is 1. The molecule has 3 atom stereocenters. The summed E-state index contributed by atoms with van der Waals surface area (Å²) in [6.45, 7) is 4.95. The molecule has 1 saturated carbocycles. The number of halogens is 2. The summed E-state index contributed by atoms with van der Waals surface area (Å²) in [7, 11) is 1.74. The molecule has 11 heteroatoms. The number of amides is 1. The van der Waals surface area contributed by atoms with Gasteiger partial charge < -0.3 is 19.9 Å². The van der Waals surface area contributed by atoms with Gasteiger partial charge in [-0.05, 0) is 43.2 Å². The van der Waals surface area contributed by atoms with Crippen LogP contribution in [0.25, 0.3) is 22.6 Å². The Morgan fingerprint density at radius 1 is 1.10 bits per heavy atom. The second kappa shape index (κ2) is 8.44. The molecule has 3 aliphatic rings. The molecule has 206 valence electrons. The van der Waals surface area contributed by atoms with Crippen molar-refractivity contribution < 1.29 is 22.8 Å². The number of nitrogens with two attached hydrogens (primary N) is 1. The molecule has 2 N–H and O–H groups in total. The van der Waals surface area contributed by atoms with Crippen LogP contribution in [-0.4, -0.2) is 49.9 Å².